The molecule has 8 nitrogen and oxygen atoms in total. The molecule has 14 heteroatoms. The van der Waals surface area contributed by atoms with E-state index in [0.717, 1.165) is 57.3 Å². The minimum absolute atomic E-state index is 0.129. The van der Waals surface area contributed by atoms with Gasteiger partial charge >= 0.3 is 18.3 Å². The molecule has 320 valence electrons. The topological polar surface area (TPSA) is 122 Å². The van der Waals surface area contributed by atoms with Crippen LogP contribution in [-0.2, 0) is 30.0 Å². The largest absolute Gasteiger partial charge is 0.478 e. The van der Waals surface area contributed by atoms with Crippen molar-refractivity contribution in [2.45, 2.75) is 25.2 Å². The number of fused-ring (bicyclic) bond motifs is 2. The van der Waals surface area contributed by atoms with E-state index in [1.165, 1.54) is 25.2 Å². The Morgan fingerprint density at radius 3 is 1.46 bits per heavy atom. The van der Waals surface area contributed by atoms with Gasteiger partial charge in [-0.05, 0) is 94.0 Å². The molecule has 0 saturated carbocycles. The first kappa shape index (κ1) is 43.5. The molecule has 2 heterocycles. The van der Waals surface area contributed by atoms with Crippen LogP contribution in [0.15, 0.2) is 154 Å². The molecular formula is C49H36F6N2O6. The lowest BCUT2D eigenvalue weighted by Crippen LogP contribution is -2.35. The first-order chi connectivity index (χ1) is 30.0. The molecule has 0 saturated heterocycles. The van der Waals surface area contributed by atoms with E-state index in [-0.39, 0.29) is 36.8 Å². The molecule has 8 rings (SSSR count). The average Bonchev–Trinajstić information content (AvgIpc) is 3.88. The van der Waals surface area contributed by atoms with Crippen LogP contribution in [0.2, 0.25) is 0 Å². The number of rotatable bonds is 10. The highest BCUT2D eigenvalue weighted by molar-refractivity contribution is 6.00. The lowest BCUT2D eigenvalue weighted by atomic mass is 9.99. The maximum atomic E-state index is 13.0. The Labute approximate surface area is 355 Å². The first-order valence-corrected chi connectivity index (χ1v) is 19.3. The van der Waals surface area contributed by atoms with E-state index in [0.29, 0.717) is 39.4 Å². The third-order valence-corrected chi connectivity index (χ3v) is 10.0. The van der Waals surface area contributed by atoms with Gasteiger partial charge in [-0.2, -0.15) is 26.3 Å². The Bertz CT molecular complexity index is 2970. The zero-order valence-electron chi connectivity index (χ0n) is 33.2. The monoisotopic (exact) mass is 862 g/mol. The Hall–Kier alpha value is -7.61. The summed E-state index contributed by atoms with van der Waals surface area (Å²) in [7, 11) is 1.49. The number of benzene rings is 6. The summed E-state index contributed by atoms with van der Waals surface area (Å²) in [5, 5.41) is 15.8. The maximum Gasteiger partial charge on any atom is 0.416 e. The highest BCUT2D eigenvalue weighted by Crippen LogP contribution is 2.36. The van der Waals surface area contributed by atoms with E-state index in [1.807, 2.05) is 30.3 Å². The van der Waals surface area contributed by atoms with Crippen molar-refractivity contribution >= 4 is 39.7 Å². The van der Waals surface area contributed by atoms with Crippen LogP contribution >= 0.6 is 0 Å². The van der Waals surface area contributed by atoms with Crippen LogP contribution in [0.4, 0.5) is 26.3 Å². The molecular weight excluding hydrogens is 827 g/mol. The van der Waals surface area contributed by atoms with Crippen molar-refractivity contribution in [1.29, 1.82) is 0 Å². The normalized spacial score (nSPS) is 11.5. The molecule has 0 atom stereocenters. The van der Waals surface area contributed by atoms with Crippen LogP contribution in [0.1, 0.15) is 54.5 Å². The molecule has 0 aliphatic heterocycles. The summed E-state index contributed by atoms with van der Waals surface area (Å²) in [4.78, 5) is 35.1. The first-order valence-electron chi connectivity index (χ1n) is 19.3. The summed E-state index contributed by atoms with van der Waals surface area (Å²) in [5.74, 6) is -0.644. The van der Waals surface area contributed by atoms with E-state index in [9.17, 15) is 45.8 Å². The molecule has 3 N–H and O–H groups in total. The van der Waals surface area contributed by atoms with Gasteiger partial charge in [0, 0.05) is 36.2 Å². The zero-order valence-corrected chi connectivity index (χ0v) is 33.2. The van der Waals surface area contributed by atoms with Crippen molar-refractivity contribution in [3.05, 3.63) is 190 Å². The van der Waals surface area contributed by atoms with Gasteiger partial charge in [0.05, 0.1) is 23.2 Å². The average molecular weight is 863 g/mol. The van der Waals surface area contributed by atoms with Gasteiger partial charge in [0.25, 0.3) is 5.91 Å². The Morgan fingerprint density at radius 2 is 1.00 bits per heavy atom. The predicted octanol–water partition coefficient (Wildman–Crippen LogP) is 11.6. The van der Waals surface area contributed by atoms with E-state index in [2.05, 4.69) is 10.6 Å². The lowest BCUT2D eigenvalue weighted by molar-refractivity contribution is -0.138. The van der Waals surface area contributed by atoms with Gasteiger partial charge in [-0.15, -0.1) is 0 Å². The second-order valence-corrected chi connectivity index (χ2v) is 14.4. The second-order valence-electron chi connectivity index (χ2n) is 14.4. The van der Waals surface area contributed by atoms with Crippen molar-refractivity contribution in [2.24, 2.45) is 0 Å². The molecule has 0 radical (unpaired) electrons. The van der Waals surface area contributed by atoms with Crippen molar-refractivity contribution in [1.82, 2.24) is 10.6 Å². The Kier molecular flexibility index (Phi) is 12.5. The number of furan rings is 2. The lowest BCUT2D eigenvalue weighted by Gasteiger charge is -2.08. The summed E-state index contributed by atoms with van der Waals surface area (Å²) in [6, 6.07) is 38.4. The highest BCUT2D eigenvalue weighted by atomic mass is 19.4. The van der Waals surface area contributed by atoms with Gasteiger partial charge in [-0.1, -0.05) is 84.9 Å². The number of likely N-dealkylation sites (N-methyl/N-ethyl adjacent to an activating group) is 1. The maximum absolute atomic E-state index is 13.0. The van der Waals surface area contributed by atoms with Crippen LogP contribution in [0, 0.1) is 0 Å². The number of halogens is 6. The van der Waals surface area contributed by atoms with Gasteiger partial charge < -0.3 is 24.6 Å². The number of nitrogens with one attached hydrogen (secondary N) is 2. The molecule has 8 aromatic rings. The van der Waals surface area contributed by atoms with Crippen molar-refractivity contribution in [3.8, 4) is 22.3 Å². The van der Waals surface area contributed by atoms with Crippen molar-refractivity contribution < 1.29 is 54.7 Å². The van der Waals surface area contributed by atoms with Gasteiger partial charge in [0.2, 0.25) is 5.91 Å². The van der Waals surface area contributed by atoms with Gasteiger partial charge in [0.1, 0.15) is 22.7 Å². The molecule has 63 heavy (non-hydrogen) atoms. The minimum Gasteiger partial charge on any atom is -0.478 e. The van der Waals surface area contributed by atoms with Crippen LogP contribution in [0.3, 0.4) is 0 Å². The number of hydrogen-bond acceptors (Lipinski definition) is 5. The summed E-state index contributed by atoms with van der Waals surface area (Å²) >= 11 is 0. The molecule has 0 aliphatic rings. The zero-order chi connectivity index (χ0) is 44.9. The fraction of sp³-hybridized carbons (Fsp3) is 0.122. The van der Waals surface area contributed by atoms with Crippen LogP contribution < -0.4 is 10.6 Å². The third kappa shape index (κ3) is 10.5. The molecule has 2 amide bonds. The quantitative estimate of drug-likeness (QED) is 0.118. The van der Waals surface area contributed by atoms with Crippen LogP contribution in [0.25, 0.3) is 44.2 Å². The van der Waals surface area contributed by atoms with E-state index in [4.69, 9.17) is 8.83 Å². The predicted molar refractivity (Wildman–Crippen MR) is 225 cm³/mol. The molecule has 0 fully saturated rings. The van der Waals surface area contributed by atoms with Gasteiger partial charge in [-0.25, -0.2) is 4.79 Å². The van der Waals surface area contributed by atoms with Crippen molar-refractivity contribution in [2.75, 3.05) is 13.6 Å². The van der Waals surface area contributed by atoms with Crippen LogP contribution in [-0.4, -0.2) is 36.5 Å². The number of carbonyl (C=O) groups excluding carboxylic acids is 2. The van der Waals surface area contributed by atoms with E-state index in [1.54, 1.807) is 72.8 Å². The standard InChI is InChI=1S/C26H21F3N2O3.C23H15F3O3/c1-30-24(32)15-31-25(33)18-7-3-6-17(13-18)21-9-4-10-23-22(21)14-20(34-23)12-16-5-2-8-19(11-16)26(27,28)29;24-23(25,26)17-7-1-4-14(10-17)11-18-13-20-19(8-3-9-21(20)29-18)15-5-2-6-16(12-15)22(27)28/h2-11,13-14H,12,15H2,1H3,(H,30,32)(H,31,33);1-10,12-13H,11H2,(H,27,28). The highest BCUT2D eigenvalue weighted by Gasteiger charge is 2.31. The summed E-state index contributed by atoms with van der Waals surface area (Å²) in [5.41, 5.74) is 4.44. The number of amides is 2. The molecule has 0 spiro atoms. The number of carboxylic acid groups (broad SMARTS) is 1. The molecule has 0 unspecified atom stereocenters. The Morgan fingerprint density at radius 1 is 0.556 bits per heavy atom. The SMILES string of the molecule is CNC(=O)CNC(=O)c1cccc(-c2cccc3oc(Cc4cccc(C(F)(F)F)c4)cc23)c1.O=C(O)c1cccc(-c2cccc3oc(Cc4cccc(C(F)(F)F)c4)cc23)c1. The molecule has 6 aromatic carbocycles. The van der Waals surface area contributed by atoms with E-state index < -0.39 is 29.4 Å². The number of hydrogen-bond donors (Lipinski definition) is 3. The number of carbonyl (C=O) groups is 3. The Balaban J connectivity index is 0.000000191. The fourth-order valence-corrected chi connectivity index (χ4v) is 7.02. The second kappa shape index (κ2) is 18.2. The van der Waals surface area contributed by atoms with E-state index >= 15 is 0 Å². The van der Waals surface area contributed by atoms with Gasteiger partial charge in [-0.3, -0.25) is 9.59 Å². The summed E-state index contributed by atoms with van der Waals surface area (Å²) in [6.07, 6.45) is -8.38. The number of carboxylic acids is 1. The third-order valence-electron chi connectivity index (χ3n) is 10.0. The molecule has 0 aliphatic carbocycles. The molecule has 0 bridgehead atoms. The summed E-state index contributed by atoms with van der Waals surface area (Å²) < 4.78 is 89.7. The number of aromatic carboxylic acids is 1. The van der Waals surface area contributed by atoms with Crippen molar-refractivity contribution in [3.63, 3.8) is 0 Å². The minimum atomic E-state index is -4.41. The van der Waals surface area contributed by atoms with Crippen LogP contribution in [0.5, 0.6) is 0 Å². The fourth-order valence-electron chi connectivity index (χ4n) is 7.02. The summed E-state index contributed by atoms with van der Waals surface area (Å²) in [6.45, 7) is -0.129. The smallest absolute Gasteiger partial charge is 0.416 e. The molecule has 2 aromatic heterocycles. The van der Waals surface area contributed by atoms with Gasteiger partial charge in [0.15, 0.2) is 0 Å². The number of alkyl halides is 6.